The molecular formula is C14H26ClN3. The quantitative estimate of drug-likeness (QED) is 0.784. The molecular weight excluding hydrogens is 246 g/mol. The second-order valence-corrected chi connectivity index (χ2v) is 5.33. The number of halogens is 1. The molecule has 1 unspecified atom stereocenters. The van der Waals surface area contributed by atoms with Crippen LogP contribution in [0.5, 0.6) is 0 Å². The Morgan fingerprint density at radius 3 is 2.50 bits per heavy atom. The Morgan fingerprint density at radius 1 is 1.28 bits per heavy atom. The highest BCUT2D eigenvalue weighted by Gasteiger charge is 2.13. The second kappa shape index (κ2) is 7.80. The lowest BCUT2D eigenvalue weighted by Gasteiger charge is -2.17. The molecule has 0 aliphatic carbocycles. The minimum Gasteiger partial charge on any atom is -0.314 e. The molecule has 1 aromatic rings. The van der Waals surface area contributed by atoms with Crippen LogP contribution >= 0.6 is 11.6 Å². The van der Waals surface area contributed by atoms with Crippen LogP contribution < -0.4 is 5.32 Å². The Hall–Kier alpha value is -0.540. The molecule has 0 radical (unpaired) electrons. The van der Waals surface area contributed by atoms with Crippen molar-refractivity contribution in [1.82, 2.24) is 15.1 Å². The highest BCUT2D eigenvalue weighted by molar-refractivity contribution is 6.31. The molecule has 0 saturated heterocycles. The predicted octanol–water partition coefficient (Wildman–Crippen LogP) is 3.48. The zero-order valence-corrected chi connectivity index (χ0v) is 12.8. The number of hydrogen-bond donors (Lipinski definition) is 1. The molecule has 0 bridgehead atoms. The molecule has 18 heavy (non-hydrogen) atoms. The highest BCUT2D eigenvalue weighted by Crippen LogP contribution is 2.21. The molecule has 104 valence electrons. The number of hydrogen-bond acceptors (Lipinski definition) is 2. The van der Waals surface area contributed by atoms with E-state index >= 15 is 0 Å². The van der Waals surface area contributed by atoms with E-state index in [2.05, 4.69) is 24.3 Å². The van der Waals surface area contributed by atoms with Crippen LogP contribution in [-0.2, 0) is 13.5 Å². The van der Waals surface area contributed by atoms with Crippen molar-refractivity contribution in [1.29, 1.82) is 0 Å². The second-order valence-electron chi connectivity index (χ2n) is 4.95. The first kappa shape index (κ1) is 15.5. The number of nitrogens with zero attached hydrogens (tertiary/aromatic N) is 2. The van der Waals surface area contributed by atoms with E-state index in [1.165, 1.54) is 19.3 Å². The van der Waals surface area contributed by atoms with E-state index in [-0.39, 0.29) is 0 Å². The van der Waals surface area contributed by atoms with Crippen LogP contribution in [0.3, 0.4) is 0 Å². The molecule has 0 aliphatic heterocycles. The van der Waals surface area contributed by atoms with Gasteiger partial charge < -0.3 is 5.32 Å². The molecule has 0 saturated carbocycles. The summed E-state index contributed by atoms with van der Waals surface area (Å²) in [6, 6.07) is 0.598. The van der Waals surface area contributed by atoms with Crippen LogP contribution in [0, 0.1) is 6.92 Å². The van der Waals surface area contributed by atoms with Crippen molar-refractivity contribution < 1.29 is 0 Å². The lowest BCUT2D eigenvalue weighted by molar-refractivity contribution is 0.444. The van der Waals surface area contributed by atoms with Gasteiger partial charge in [-0.05, 0) is 39.2 Å². The van der Waals surface area contributed by atoms with Crippen molar-refractivity contribution in [2.75, 3.05) is 6.54 Å². The molecule has 1 atom stereocenters. The molecule has 0 amide bonds. The van der Waals surface area contributed by atoms with Crippen LogP contribution in [0.4, 0.5) is 0 Å². The smallest absolute Gasteiger partial charge is 0.0846 e. The first-order chi connectivity index (χ1) is 8.60. The van der Waals surface area contributed by atoms with Crippen molar-refractivity contribution in [3.63, 3.8) is 0 Å². The molecule has 1 rings (SSSR count). The van der Waals surface area contributed by atoms with Crippen LogP contribution in [0.2, 0.25) is 5.02 Å². The van der Waals surface area contributed by atoms with Gasteiger partial charge in [0.25, 0.3) is 0 Å². The number of rotatable bonds is 8. The van der Waals surface area contributed by atoms with Crippen molar-refractivity contribution >= 4 is 11.6 Å². The van der Waals surface area contributed by atoms with E-state index in [4.69, 9.17) is 11.6 Å². The molecule has 3 nitrogen and oxygen atoms in total. The highest BCUT2D eigenvalue weighted by atomic mass is 35.5. The molecule has 0 aliphatic rings. The first-order valence-corrected chi connectivity index (χ1v) is 7.39. The average molecular weight is 272 g/mol. The molecule has 1 N–H and O–H groups in total. The zero-order chi connectivity index (χ0) is 13.5. The van der Waals surface area contributed by atoms with E-state index in [0.29, 0.717) is 6.04 Å². The van der Waals surface area contributed by atoms with Gasteiger partial charge in [-0.1, -0.05) is 31.9 Å². The average Bonchev–Trinajstić information content (AvgIpc) is 2.58. The van der Waals surface area contributed by atoms with Crippen LogP contribution in [-0.4, -0.2) is 22.4 Å². The van der Waals surface area contributed by atoms with E-state index in [1.807, 2.05) is 18.7 Å². The first-order valence-electron chi connectivity index (χ1n) is 7.01. The molecule has 0 spiro atoms. The van der Waals surface area contributed by atoms with Crippen molar-refractivity contribution in [3.8, 4) is 0 Å². The lowest BCUT2D eigenvalue weighted by Crippen LogP contribution is -2.30. The Morgan fingerprint density at radius 2 is 2.00 bits per heavy atom. The number of nitrogens with one attached hydrogen (secondary N) is 1. The predicted molar refractivity (Wildman–Crippen MR) is 78.3 cm³/mol. The maximum atomic E-state index is 6.28. The normalized spacial score (nSPS) is 12.9. The van der Waals surface area contributed by atoms with Crippen LogP contribution in [0.1, 0.15) is 50.9 Å². The summed E-state index contributed by atoms with van der Waals surface area (Å²) in [7, 11) is 1.97. The lowest BCUT2D eigenvalue weighted by atomic mass is 10.0. The zero-order valence-electron chi connectivity index (χ0n) is 12.1. The van der Waals surface area contributed by atoms with Gasteiger partial charge in [0.15, 0.2) is 0 Å². The third-order valence-corrected chi connectivity index (χ3v) is 3.80. The standard InChI is InChI=1S/C14H26ClN3/c1-5-7-12(16-10-6-2)8-9-13-14(15)11(3)17-18(13)4/h12,16H,5-10H2,1-4H3. The van der Waals surface area contributed by atoms with Gasteiger partial charge in [-0.15, -0.1) is 0 Å². The van der Waals surface area contributed by atoms with Gasteiger partial charge in [0.1, 0.15) is 0 Å². The third kappa shape index (κ3) is 4.29. The van der Waals surface area contributed by atoms with E-state index in [9.17, 15) is 0 Å². The van der Waals surface area contributed by atoms with Gasteiger partial charge >= 0.3 is 0 Å². The van der Waals surface area contributed by atoms with Gasteiger partial charge in [-0.2, -0.15) is 5.10 Å². The van der Waals surface area contributed by atoms with E-state index in [1.54, 1.807) is 0 Å². The summed E-state index contributed by atoms with van der Waals surface area (Å²) >= 11 is 6.28. The summed E-state index contributed by atoms with van der Waals surface area (Å²) in [6.07, 6.45) is 5.77. The third-order valence-electron chi connectivity index (χ3n) is 3.31. The topological polar surface area (TPSA) is 29.9 Å². The minimum atomic E-state index is 0.598. The van der Waals surface area contributed by atoms with Crippen molar-refractivity contribution in [2.24, 2.45) is 7.05 Å². The maximum Gasteiger partial charge on any atom is 0.0846 e. The van der Waals surface area contributed by atoms with Gasteiger partial charge in [-0.3, -0.25) is 4.68 Å². The van der Waals surface area contributed by atoms with E-state index < -0.39 is 0 Å². The van der Waals surface area contributed by atoms with Gasteiger partial charge in [0, 0.05) is 13.1 Å². The Kier molecular flexibility index (Phi) is 6.72. The fourth-order valence-electron chi connectivity index (χ4n) is 2.31. The fraction of sp³-hybridized carbons (Fsp3) is 0.786. The van der Waals surface area contributed by atoms with Gasteiger partial charge in [0.2, 0.25) is 0 Å². The summed E-state index contributed by atoms with van der Waals surface area (Å²) in [4.78, 5) is 0. The molecule has 0 fully saturated rings. The summed E-state index contributed by atoms with van der Waals surface area (Å²) < 4.78 is 1.92. The van der Waals surface area contributed by atoms with Crippen molar-refractivity contribution in [2.45, 2.75) is 58.9 Å². The van der Waals surface area contributed by atoms with Crippen LogP contribution in [0.15, 0.2) is 0 Å². The summed E-state index contributed by atoms with van der Waals surface area (Å²) in [6.45, 7) is 7.51. The fourth-order valence-corrected chi connectivity index (χ4v) is 2.56. The number of aryl methyl sites for hydroxylation is 2. The molecule has 1 aromatic heterocycles. The van der Waals surface area contributed by atoms with Gasteiger partial charge in [-0.25, -0.2) is 0 Å². The Bertz CT molecular complexity index is 360. The summed E-state index contributed by atoms with van der Waals surface area (Å²) in [5.74, 6) is 0. The maximum absolute atomic E-state index is 6.28. The van der Waals surface area contributed by atoms with Crippen LogP contribution in [0.25, 0.3) is 0 Å². The Balaban J connectivity index is 2.55. The van der Waals surface area contributed by atoms with Gasteiger partial charge in [0.05, 0.1) is 16.4 Å². The summed E-state index contributed by atoms with van der Waals surface area (Å²) in [5, 5.41) is 8.81. The molecule has 4 heteroatoms. The molecule has 0 aromatic carbocycles. The molecule has 1 heterocycles. The monoisotopic (exact) mass is 271 g/mol. The van der Waals surface area contributed by atoms with E-state index in [0.717, 1.165) is 35.8 Å². The minimum absolute atomic E-state index is 0.598. The number of aromatic nitrogens is 2. The SMILES string of the molecule is CCCNC(CCC)CCc1c(Cl)c(C)nn1C. The largest absolute Gasteiger partial charge is 0.314 e. The van der Waals surface area contributed by atoms with Crippen molar-refractivity contribution in [3.05, 3.63) is 16.4 Å². The Labute approximate surface area is 116 Å². The summed E-state index contributed by atoms with van der Waals surface area (Å²) in [5.41, 5.74) is 2.09.